The van der Waals surface area contributed by atoms with Gasteiger partial charge >= 0.3 is 5.97 Å². The van der Waals surface area contributed by atoms with Gasteiger partial charge in [-0.3, -0.25) is 4.79 Å². The van der Waals surface area contributed by atoms with Crippen molar-refractivity contribution in [3.63, 3.8) is 0 Å². The van der Waals surface area contributed by atoms with E-state index in [4.69, 9.17) is 14.2 Å². The zero-order valence-corrected chi connectivity index (χ0v) is 16.1. The summed E-state index contributed by atoms with van der Waals surface area (Å²) in [6.07, 6.45) is -0.904. The number of carbonyl (C=O) groups excluding carboxylic acids is 2. The highest BCUT2D eigenvalue weighted by Gasteiger charge is 2.18. The van der Waals surface area contributed by atoms with Gasteiger partial charge in [0.05, 0.1) is 7.11 Å². The molecule has 0 aliphatic heterocycles. The fourth-order valence-electron chi connectivity index (χ4n) is 2.52. The molecule has 0 saturated carbocycles. The largest absolute Gasteiger partial charge is 0.497 e. The number of benzene rings is 2. The van der Waals surface area contributed by atoms with Gasteiger partial charge in [0.25, 0.3) is 5.91 Å². The molecule has 6 heteroatoms. The minimum atomic E-state index is -0.904. The number of ether oxygens (including phenoxy) is 3. The Morgan fingerprint density at radius 3 is 2.22 bits per heavy atom. The molecule has 0 bridgehead atoms. The second kappa shape index (κ2) is 9.62. The van der Waals surface area contributed by atoms with Crippen molar-refractivity contribution in [2.45, 2.75) is 33.4 Å². The Morgan fingerprint density at radius 1 is 1.00 bits per heavy atom. The van der Waals surface area contributed by atoms with Gasteiger partial charge in [-0.2, -0.15) is 0 Å². The Bertz CT molecular complexity index is 765. The highest BCUT2D eigenvalue weighted by Crippen LogP contribution is 2.16. The van der Waals surface area contributed by atoms with Crippen LogP contribution >= 0.6 is 0 Å². The maximum Gasteiger partial charge on any atom is 0.344 e. The number of carbonyl (C=O) groups is 2. The molecule has 27 heavy (non-hydrogen) atoms. The van der Waals surface area contributed by atoms with E-state index >= 15 is 0 Å². The van der Waals surface area contributed by atoms with Crippen LogP contribution in [0.4, 0.5) is 0 Å². The molecule has 0 aliphatic carbocycles. The third kappa shape index (κ3) is 6.66. The predicted octanol–water partition coefficient (Wildman–Crippen LogP) is 2.94. The number of aryl methyl sites for hydroxylation is 2. The molecule has 0 aromatic heterocycles. The molecule has 0 saturated heterocycles. The molecule has 6 nitrogen and oxygen atoms in total. The third-order valence-corrected chi connectivity index (χ3v) is 3.86. The molecule has 2 rings (SSSR count). The first-order valence-electron chi connectivity index (χ1n) is 8.68. The van der Waals surface area contributed by atoms with E-state index in [1.54, 1.807) is 7.11 Å². The van der Waals surface area contributed by atoms with Crippen molar-refractivity contribution < 1.29 is 23.8 Å². The molecule has 1 atom stereocenters. The van der Waals surface area contributed by atoms with E-state index in [0.717, 1.165) is 22.4 Å². The Morgan fingerprint density at radius 2 is 1.63 bits per heavy atom. The molecular formula is C21H25NO5. The Balaban J connectivity index is 1.76. The highest BCUT2D eigenvalue weighted by atomic mass is 16.6. The summed E-state index contributed by atoms with van der Waals surface area (Å²) < 4.78 is 15.7. The second-order valence-electron chi connectivity index (χ2n) is 6.31. The summed E-state index contributed by atoms with van der Waals surface area (Å²) in [5.41, 5.74) is 3.01. The average Bonchev–Trinajstić information content (AvgIpc) is 2.64. The first-order valence-corrected chi connectivity index (χ1v) is 8.68. The van der Waals surface area contributed by atoms with Crippen molar-refractivity contribution >= 4 is 11.9 Å². The van der Waals surface area contributed by atoms with Gasteiger partial charge in [0.2, 0.25) is 0 Å². The van der Waals surface area contributed by atoms with Crippen LogP contribution in [0.3, 0.4) is 0 Å². The zero-order chi connectivity index (χ0) is 19.8. The smallest absolute Gasteiger partial charge is 0.344 e. The summed E-state index contributed by atoms with van der Waals surface area (Å²) in [5, 5.41) is 2.73. The SMILES string of the molecule is COc1ccc(CNC(=O)[C@H](C)OC(=O)COc2cc(C)cc(C)c2)cc1. The van der Waals surface area contributed by atoms with Crippen molar-refractivity contribution in [3.05, 3.63) is 59.2 Å². The van der Waals surface area contributed by atoms with Crippen molar-refractivity contribution in [3.8, 4) is 11.5 Å². The number of amides is 1. The lowest BCUT2D eigenvalue weighted by Gasteiger charge is -2.14. The topological polar surface area (TPSA) is 73.9 Å². The first kappa shape index (κ1) is 20.3. The number of methoxy groups -OCH3 is 1. The first-order chi connectivity index (χ1) is 12.9. The molecular weight excluding hydrogens is 346 g/mol. The van der Waals surface area contributed by atoms with Crippen LogP contribution in [0, 0.1) is 13.8 Å². The maximum atomic E-state index is 12.1. The van der Waals surface area contributed by atoms with Gasteiger partial charge in [0, 0.05) is 6.54 Å². The van der Waals surface area contributed by atoms with Crippen LogP contribution in [-0.2, 0) is 20.9 Å². The van der Waals surface area contributed by atoms with Gasteiger partial charge in [-0.1, -0.05) is 18.2 Å². The summed E-state index contributed by atoms with van der Waals surface area (Å²) in [7, 11) is 1.59. The molecule has 1 amide bonds. The minimum absolute atomic E-state index is 0.251. The van der Waals surface area contributed by atoms with Crippen LogP contribution in [0.25, 0.3) is 0 Å². The Hall–Kier alpha value is -3.02. The van der Waals surface area contributed by atoms with Crippen molar-refractivity contribution in [2.75, 3.05) is 13.7 Å². The number of hydrogen-bond donors (Lipinski definition) is 1. The molecule has 0 fully saturated rings. The molecule has 2 aromatic rings. The van der Waals surface area contributed by atoms with E-state index in [2.05, 4.69) is 5.32 Å². The average molecular weight is 371 g/mol. The predicted molar refractivity (Wildman–Crippen MR) is 102 cm³/mol. The molecule has 1 N–H and O–H groups in total. The standard InChI is InChI=1S/C21H25NO5/c1-14-9-15(2)11-19(10-14)26-13-20(23)27-16(3)21(24)22-12-17-5-7-18(25-4)8-6-17/h5-11,16H,12-13H2,1-4H3,(H,22,24)/t16-/m0/s1. The summed E-state index contributed by atoms with van der Waals surface area (Å²) in [6, 6.07) is 13.0. The monoisotopic (exact) mass is 371 g/mol. The quantitative estimate of drug-likeness (QED) is 0.722. The van der Waals surface area contributed by atoms with Crippen LogP contribution < -0.4 is 14.8 Å². The lowest BCUT2D eigenvalue weighted by molar-refractivity contribution is -0.156. The highest BCUT2D eigenvalue weighted by molar-refractivity contribution is 5.83. The van der Waals surface area contributed by atoms with Gasteiger partial charge in [-0.25, -0.2) is 4.79 Å². The fourth-order valence-corrected chi connectivity index (χ4v) is 2.52. The molecule has 0 unspecified atom stereocenters. The molecule has 2 aromatic carbocycles. The number of hydrogen-bond acceptors (Lipinski definition) is 5. The van der Waals surface area contributed by atoms with E-state index < -0.39 is 12.1 Å². The van der Waals surface area contributed by atoms with Crippen LogP contribution in [0.2, 0.25) is 0 Å². The normalized spacial score (nSPS) is 11.4. The molecule has 0 heterocycles. The summed E-state index contributed by atoms with van der Waals surface area (Å²) in [4.78, 5) is 24.0. The Kier molecular flexibility index (Phi) is 7.23. The molecule has 0 spiro atoms. The van der Waals surface area contributed by atoms with Gasteiger partial charge < -0.3 is 19.5 Å². The summed E-state index contributed by atoms with van der Waals surface area (Å²) >= 11 is 0. The zero-order valence-electron chi connectivity index (χ0n) is 16.1. The lowest BCUT2D eigenvalue weighted by atomic mass is 10.1. The molecule has 0 aliphatic rings. The van der Waals surface area contributed by atoms with Crippen LogP contribution in [-0.4, -0.2) is 31.7 Å². The third-order valence-electron chi connectivity index (χ3n) is 3.86. The van der Waals surface area contributed by atoms with E-state index in [9.17, 15) is 9.59 Å². The lowest BCUT2D eigenvalue weighted by Crippen LogP contribution is -2.36. The van der Waals surface area contributed by atoms with Crippen LogP contribution in [0.1, 0.15) is 23.6 Å². The van der Waals surface area contributed by atoms with Gasteiger partial charge in [-0.15, -0.1) is 0 Å². The van der Waals surface area contributed by atoms with Crippen molar-refractivity contribution in [1.29, 1.82) is 0 Å². The van der Waals surface area contributed by atoms with Gasteiger partial charge in [0.15, 0.2) is 12.7 Å². The maximum absolute atomic E-state index is 12.1. The Labute approximate surface area is 159 Å². The minimum Gasteiger partial charge on any atom is -0.497 e. The number of rotatable bonds is 8. The summed E-state index contributed by atoms with van der Waals surface area (Å²) in [5.74, 6) is 0.379. The second-order valence-corrected chi connectivity index (χ2v) is 6.31. The number of nitrogens with one attached hydrogen (secondary N) is 1. The van der Waals surface area contributed by atoms with Crippen molar-refractivity contribution in [1.82, 2.24) is 5.32 Å². The van der Waals surface area contributed by atoms with E-state index in [0.29, 0.717) is 12.3 Å². The van der Waals surface area contributed by atoms with Crippen LogP contribution in [0.5, 0.6) is 11.5 Å². The fraction of sp³-hybridized carbons (Fsp3) is 0.333. The van der Waals surface area contributed by atoms with Gasteiger partial charge in [-0.05, 0) is 61.7 Å². The summed E-state index contributed by atoms with van der Waals surface area (Å²) in [6.45, 7) is 5.52. The molecule has 0 radical (unpaired) electrons. The van der Waals surface area contributed by atoms with Gasteiger partial charge in [0.1, 0.15) is 11.5 Å². The molecule has 144 valence electrons. The van der Waals surface area contributed by atoms with E-state index in [-0.39, 0.29) is 12.5 Å². The van der Waals surface area contributed by atoms with Crippen molar-refractivity contribution in [2.24, 2.45) is 0 Å². The van der Waals surface area contributed by atoms with Crippen LogP contribution in [0.15, 0.2) is 42.5 Å². The number of esters is 1. The van der Waals surface area contributed by atoms with E-state index in [1.165, 1.54) is 6.92 Å². The van der Waals surface area contributed by atoms with E-state index in [1.807, 2.05) is 56.3 Å².